The summed E-state index contributed by atoms with van der Waals surface area (Å²) < 4.78 is 33.0. The fourth-order valence-electron chi connectivity index (χ4n) is 4.70. The fraction of sp³-hybridized carbons (Fsp3) is 0.444. The van der Waals surface area contributed by atoms with Crippen molar-refractivity contribution in [3.8, 4) is 40.1 Å². The molecular weight excluding hydrogens is 564 g/mol. The highest BCUT2D eigenvalue weighted by Gasteiger charge is 2.43. The van der Waals surface area contributed by atoms with Crippen molar-refractivity contribution in [2.75, 3.05) is 13.7 Å². The van der Waals surface area contributed by atoms with E-state index in [1.54, 1.807) is 0 Å². The van der Waals surface area contributed by atoms with E-state index in [1.807, 2.05) is 0 Å². The number of hydrogen-bond donors (Lipinski definition) is 8. The Labute approximate surface area is 236 Å². The predicted octanol–water partition coefficient (Wildman–Crippen LogP) is -1.10. The maximum Gasteiger partial charge on any atom is 0.239 e. The quantitative estimate of drug-likeness (QED) is 0.169. The minimum atomic E-state index is -1.65. The van der Waals surface area contributed by atoms with Crippen molar-refractivity contribution in [1.82, 2.24) is 0 Å². The van der Waals surface area contributed by atoms with Crippen LogP contribution in [0.1, 0.15) is 6.92 Å². The van der Waals surface area contributed by atoms with Crippen LogP contribution in [0.2, 0.25) is 0 Å². The lowest BCUT2D eigenvalue weighted by atomic mass is 10.00. The van der Waals surface area contributed by atoms with Gasteiger partial charge in [0.25, 0.3) is 0 Å². The summed E-state index contributed by atoms with van der Waals surface area (Å²) in [5, 5.41) is 80.8. The van der Waals surface area contributed by atoms with Crippen LogP contribution in [-0.4, -0.2) is 110 Å². The van der Waals surface area contributed by atoms with Gasteiger partial charge < -0.3 is 69.0 Å². The lowest BCUT2D eigenvalue weighted by molar-refractivity contribution is -0.268. The molecule has 2 aliphatic heterocycles. The number of phenolic OH excluding ortho intramolecular Hbond substituents is 2. The molecule has 0 aliphatic carbocycles. The molecule has 9 atom stereocenters. The highest BCUT2D eigenvalue weighted by atomic mass is 16.7. The zero-order valence-electron chi connectivity index (χ0n) is 22.2. The van der Waals surface area contributed by atoms with E-state index in [4.69, 9.17) is 28.1 Å². The summed E-state index contributed by atoms with van der Waals surface area (Å²) in [6, 6.07) is 6.12. The normalized spacial score (nSPS) is 31.6. The van der Waals surface area contributed by atoms with Crippen LogP contribution in [0.15, 0.2) is 39.5 Å². The Morgan fingerprint density at radius 2 is 1.55 bits per heavy atom. The molecule has 0 amide bonds. The largest absolute Gasteiger partial charge is 0.507 e. The molecule has 228 valence electrons. The standard InChI is InChI=1S/C27H30O15/c1-9-18(31)21(34)23(36)27(39-9)40-11-6-13(29)17-16(7-11)41-24(25(37-2)20(17)33)10-3-4-12(28)15(5-10)42-26-22(35)19(32)14(30)8-38-26/h3-7,9,14,18-19,21-23,26-32,34-36H,8H2,1-2H3/t9-,14+,18-,19-,21+,22+,23+,26-,27-/m0/s1. The zero-order valence-corrected chi connectivity index (χ0v) is 22.2. The zero-order chi connectivity index (χ0) is 30.5. The molecular formula is C27H30O15. The molecule has 0 spiro atoms. The van der Waals surface area contributed by atoms with Crippen molar-refractivity contribution in [3.05, 3.63) is 40.6 Å². The van der Waals surface area contributed by atoms with Gasteiger partial charge in [0.15, 0.2) is 17.3 Å². The molecule has 3 aromatic rings. The number of aromatic hydroxyl groups is 2. The van der Waals surface area contributed by atoms with Crippen LogP contribution in [0.3, 0.4) is 0 Å². The third-order valence-corrected chi connectivity index (χ3v) is 7.09. The van der Waals surface area contributed by atoms with Crippen molar-refractivity contribution in [2.45, 2.75) is 62.2 Å². The fourth-order valence-corrected chi connectivity index (χ4v) is 4.70. The first kappa shape index (κ1) is 29.8. The third kappa shape index (κ3) is 5.32. The van der Waals surface area contributed by atoms with Gasteiger partial charge in [-0.2, -0.15) is 0 Å². The van der Waals surface area contributed by atoms with E-state index in [0.717, 1.165) is 6.07 Å². The molecule has 5 rings (SSSR count). The van der Waals surface area contributed by atoms with E-state index >= 15 is 0 Å². The van der Waals surface area contributed by atoms with Gasteiger partial charge in [0.05, 0.1) is 19.8 Å². The van der Waals surface area contributed by atoms with Gasteiger partial charge in [-0.1, -0.05) is 0 Å². The Morgan fingerprint density at radius 3 is 2.26 bits per heavy atom. The molecule has 15 heteroatoms. The summed E-state index contributed by atoms with van der Waals surface area (Å²) in [5.74, 6) is -1.76. The molecule has 3 heterocycles. The van der Waals surface area contributed by atoms with Crippen LogP contribution in [0.4, 0.5) is 0 Å². The summed E-state index contributed by atoms with van der Waals surface area (Å²) in [4.78, 5) is 13.3. The van der Waals surface area contributed by atoms with Crippen molar-refractivity contribution < 1.29 is 69.0 Å². The van der Waals surface area contributed by atoms with Crippen LogP contribution in [-0.2, 0) is 9.47 Å². The Bertz CT molecular complexity index is 1510. The van der Waals surface area contributed by atoms with E-state index in [-0.39, 0.29) is 46.1 Å². The SMILES string of the molecule is COc1c(-c2ccc(O)c(O[C@@H]3OC[C@@H](O)[C@H](O)[C@H]3O)c2)oc2cc(O[C@@H]3O[C@@H](C)[C@H](O)[C@@H](O)[C@H]3O)cc(O)c2c1=O. The Hall–Kier alpha value is -3.67. The van der Waals surface area contributed by atoms with E-state index < -0.39 is 72.2 Å². The van der Waals surface area contributed by atoms with Crippen molar-refractivity contribution in [3.63, 3.8) is 0 Å². The second-order valence-corrected chi connectivity index (χ2v) is 9.96. The van der Waals surface area contributed by atoms with Crippen molar-refractivity contribution in [2.24, 2.45) is 0 Å². The van der Waals surface area contributed by atoms with Gasteiger partial charge in [0, 0.05) is 17.7 Å². The average Bonchev–Trinajstić information content (AvgIpc) is 2.95. The molecule has 15 nitrogen and oxygen atoms in total. The van der Waals surface area contributed by atoms with Gasteiger partial charge in [-0.05, 0) is 25.1 Å². The smallest absolute Gasteiger partial charge is 0.239 e. The molecule has 0 saturated carbocycles. The number of hydrogen-bond acceptors (Lipinski definition) is 15. The van der Waals surface area contributed by atoms with Gasteiger partial charge in [-0.25, -0.2) is 0 Å². The van der Waals surface area contributed by atoms with Crippen LogP contribution in [0.25, 0.3) is 22.3 Å². The van der Waals surface area contributed by atoms with Gasteiger partial charge >= 0.3 is 0 Å². The van der Waals surface area contributed by atoms with Gasteiger partial charge in [-0.15, -0.1) is 0 Å². The molecule has 8 N–H and O–H groups in total. The summed E-state index contributed by atoms with van der Waals surface area (Å²) in [6.45, 7) is 1.12. The lowest BCUT2D eigenvalue weighted by Gasteiger charge is -2.38. The molecule has 0 unspecified atom stereocenters. The van der Waals surface area contributed by atoms with Gasteiger partial charge in [0.1, 0.15) is 59.1 Å². The second kappa shape index (κ2) is 11.5. The second-order valence-electron chi connectivity index (χ2n) is 9.96. The molecule has 2 aliphatic rings. The number of methoxy groups -OCH3 is 1. The molecule has 0 radical (unpaired) electrons. The van der Waals surface area contributed by atoms with E-state index in [1.165, 1.54) is 38.3 Å². The number of aliphatic hydroxyl groups is 6. The van der Waals surface area contributed by atoms with E-state index in [2.05, 4.69) is 0 Å². The molecule has 2 aromatic carbocycles. The Kier molecular flexibility index (Phi) is 8.19. The van der Waals surface area contributed by atoms with Crippen LogP contribution < -0.4 is 19.6 Å². The molecule has 2 fully saturated rings. The number of rotatable bonds is 6. The predicted molar refractivity (Wildman–Crippen MR) is 139 cm³/mol. The van der Waals surface area contributed by atoms with Crippen molar-refractivity contribution >= 4 is 11.0 Å². The van der Waals surface area contributed by atoms with E-state index in [9.17, 15) is 45.6 Å². The molecule has 2 saturated heterocycles. The third-order valence-electron chi connectivity index (χ3n) is 7.09. The summed E-state index contributed by atoms with van der Waals surface area (Å²) >= 11 is 0. The number of benzene rings is 2. The number of aliphatic hydroxyl groups excluding tert-OH is 6. The summed E-state index contributed by atoms with van der Waals surface area (Å²) in [5.41, 5.74) is -0.798. The summed E-state index contributed by atoms with van der Waals surface area (Å²) in [7, 11) is 1.20. The minimum absolute atomic E-state index is 0.113. The molecule has 0 bridgehead atoms. The first-order valence-electron chi connectivity index (χ1n) is 12.8. The monoisotopic (exact) mass is 594 g/mol. The topological polar surface area (TPSA) is 238 Å². The van der Waals surface area contributed by atoms with Crippen LogP contribution in [0.5, 0.6) is 28.7 Å². The lowest BCUT2D eigenvalue weighted by Crippen LogP contribution is -2.58. The highest BCUT2D eigenvalue weighted by molar-refractivity contribution is 5.88. The number of ether oxygens (including phenoxy) is 5. The Balaban J connectivity index is 1.52. The van der Waals surface area contributed by atoms with Crippen LogP contribution >= 0.6 is 0 Å². The highest BCUT2D eigenvalue weighted by Crippen LogP contribution is 2.40. The Morgan fingerprint density at radius 1 is 0.833 bits per heavy atom. The maximum absolute atomic E-state index is 13.3. The maximum atomic E-state index is 13.3. The van der Waals surface area contributed by atoms with E-state index in [0.29, 0.717) is 0 Å². The number of fused-ring (bicyclic) bond motifs is 1. The minimum Gasteiger partial charge on any atom is -0.507 e. The average molecular weight is 595 g/mol. The molecule has 42 heavy (non-hydrogen) atoms. The summed E-state index contributed by atoms with van der Waals surface area (Å²) in [6.07, 6.45) is -12.9. The first-order valence-corrected chi connectivity index (χ1v) is 12.8. The van der Waals surface area contributed by atoms with Gasteiger partial charge in [0.2, 0.25) is 23.8 Å². The molecule has 1 aromatic heterocycles. The van der Waals surface area contributed by atoms with Crippen molar-refractivity contribution in [1.29, 1.82) is 0 Å². The van der Waals surface area contributed by atoms with Gasteiger partial charge in [-0.3, -0.25) is 4.79 Å². The number of phenols is 2. The van der Waals surface area contributed by atoms with Crippen LogP contribution in [0, 0.1) is 0 Å². The first-order chi connectivity index (χ1) is 19.9.